The molecule has 2 heterocycles. The summed E-state index contributed by atoms with van der Waals surface area (Å²) in [6.07, 6.45) is 2.06. The third-order valence-corrected chi connectivity index (χ3v) is 4.35. The number of nitrogens with one attached hydrogen (secondary N) is 1. The van der Waals surface area contributed by atoms with Crippen molar-refractivity contribution in [2.45, 2.75) is 45.2 Å². The summed E-state index contributed by atoms with van der Waals surface area (Å²) in [6.45, 7) is 5.49. The Morgan fingerprint density at radius 2 is 2.00 bits per heavy atom. The Hall–Kier alpha value is -1.10. The first-order chi connectivity index (χ1) is 8.50. The van der Waals surface area contributed by atoms with Gasteiger partial charge in [-0.05, 0) is 39.7 Å². The van der Waals surface area contributed by atoms with E-state index in [0.29, 0.717) is 19.4 Å². The highest BCUT2D eigenvalue weighted by Crippen LogP contribution is 2.27. The van der Waals surface area contributed by atoms with Crippen molar-refractivity contribution in [1.29, 1.82) is 0 Å². The second-order valence-corrected chi connectivity index (χ2v) is 5.58. The van der Waals surface area contributed by atoms with Crippen LogP contribution in [-0.4, -0.2) is 47.1 Å². The van der Waals surface area contributed by atoms with Gasteiger partial charge in [0.2, 0.25) is 5.91 Å². The number of carboxylic acids is 1. The topological polar surface area (TPSA) is 69.6 Å². The largest absolute Gasteiger partial charge is 0.481 e. The van der Waals surface area contributed by atoms with Crippen molar-refractivity contribution in [2.24, 2.45) is 11.8 Å². The fourth-order valence-electron chi connectivity index (χ4n) is 3.13. The first-order valence-electron chi connectivity index (χ1n) is 6.77. The molecule has 0 saturated carbocycles. The Bertz CT molecular complexity index is 345. The summed E-state index contributed by atoms with van der Waals surface area (Å²) in [7, 11) is 0. The summed E-state index contributed by atoms with van der Waals surface area (Å²) in [5.74, 6) is -0.759. The Kier molecular flexibility index (Phi) is 3.90. The van der Waals surface area contributed by atoms with Gasteiger partial charge in [0.15, 0.2) is 0 Å². The molecule has 2 N–H and O–H groups in total. The van der Waals surface area contributed by atoms with Crippen molar-refractivity contribution in [2.75, 3.05) is 13.1 Å². The van der Waals surface area contributed by atoms with Gasteiger partial charge in [-0.2, -0.15) is 0 Å². The van der Waals surface area contributed by atoms with Gasteiger partial charge in [0.05, 0.1) is 11.8 Å². The van der Waals surface area contributed by atoms with Gasteiger partial charge < -0.3 is 15.3 Å². The van der Waals surface area contributed by atoms with Crippen LogP contribution in [0.2, 0.25) is 0 Å². The molecular formula is C13H22N2O3. The summed E-state index contributed by atoms with van der Waals surface area (Å²) in [5, 5.41) is 12.3. The number of hydrogen-bond acceptors (Lipinski definition) is 3. The maximum atomic E-state index is 12.4. The molecule has 2 fully saturated rings. The van der Waals surface area contributed by atoms with Gasteiger partial charge in [0.25, 0.3) is 0 Å². The number of amides is 1. The van der Waals surface area contributed by atoms with E-state index < -0.39 is 5.97 Å². The van der Waals surface area contributed by atoms with Crippen LogP contribution in [-0.2, 0) is 9.59 Å². The molecule has 0 spiro atoms. The Labute approximate surface area is 108 Å². The van der Waals surface area contributed by atoms with Crippen LogP contribution >= 0.6 is 0 Å². The summed E-state index contributed by atoms with van der Waals surface area (Å²) in [4.78, 5) is 25.3. The lowest BCUT2D eigenvalue weighted by Gasteiger charge is -2.38. The minimum atomic E-state index is -0.732. The number of hydrogen-bond donors (Lipinski definition) is 2. The molecule has 0 aromatic rings. The molecule has 0 aromatic carbocycles. The molecule has 4 unspecified atom stereocenters. The highest BCUT2D eigenvalue weighted by atomic mass is 16.4. The maximum Gasteiger partial charge on any atom is 0.306 e. The highest BCUT2D eigenvalue weighted by Gasteiger charge is 2.38. The van der Waals surface area contributed by atoms with Gasteiger partial charge in [-0.1, -0.05) is 0 Å². The van der Waals surface area contributed by atoms with Gasteiger partial charge in [0.1, 0.15) is 0 Å². The monoisotopic (exact) mass is 254 g/mol. The van der Waals surface area contributed by atoms with Crippen molar-refractivity contribution < 1.29 is 14.7 Å². The molecule has 18 heavy (non-hydrogen) atoms. The molecule has 1 amide bonds. The fraction of sp³-hybridized carbons (Fsp3) is 0.846. The minimum Gasteiger partial charge on any atom is -0.481 e. The zero-order valence-corrected chi connectivity index (χ0v) is 11.1. The molecule has 2 aliphatic rings. The van der Waals surface area contributed by atoms with Crippen LogP contribution in [0.15, 0.2) is 0 Å². The van der Waals surface area contributed by atoms with Crippen molar-refractivity contribution in [3.05, 3.63) is 0 Å². The molecule has 0 aliphatic carbocycles. The molecule has 102 valence electrons. The molecule has 2 rings (SSSR count). The van der Waals surface area contributed by atoms with Gasteiger partial charge in [0, 0.05) is 18.6 Å². The van der Waals surface area contributed by atoms with Crippen LogP contribution in [0.25, 0.3) is 0 Å². The number of likely N-dealkylation sites (tertiary alicyclic amines) is 1. The smallest absolute Gasteiger partial charge is 0.306 e. The number of nitrogens with zero attached hydrogens (tertiary/aromatic N) is 1. The number of carbonyl (C=O) groups is 2. The van der Waals surface area contributed by atoms with Gasteiger partial charge in [-0.25, -0.2) is 0 Å². The second kappa shape index (κ2) is 5.26. The Balaban J connectivity index is 1.98. The number of carboxylic acid groups (broad SMARTS) is 1. The van der Waals surface area contributed by atoms with Crippen molar-refractivity contribution >= 4 is 11.9 Å². The quantitative estimate of drug-likeness (QED) is 0.761. The van der Waals surface area contributed by atoms with Crippen molar-refractivity contribution in [3.63, 3.8) is 0 Å². The van der Waals surface area contributed by atoms with Crippen LogP contribution in [0, 0.1) is 11.8 Å². The number of carbonyl (C=O) groups excluding carboxylic acids is 1. The average Bonchev–Trinajstić information content (AvgIpc) is 2.74. The highest BCUT2D eigenvalue weighted by molar-refractivity contribution is 5.80. The van der Waals surface area contributed by atoms with E-state index in [2.05, 4.69) is 5.32 Å². The molecule has 0 bridgehead atoms. The first kappa shape index (κ1) is 13.3. The summed E-state index contributed by atoms with van der Waals surface area (Å²) >= 11 is 0. The maximum absolute atomic E-state index is 12.4. The van der Waals surface area contributed by atoms with Crippen LogP contribution in [0.3, 0.4) is 0 Å². The minimum absolute atomic E-state index is 0.0418. The molecule has 0 radical (unpaired) electrons. The Morgan fingerprint density at radius 3 is 2.50 bits per heavy atom. The molecule has 2 saturated heterocycles. The predicted molar refractivity (Wildman–Crippen MR) is 67.1 cm³/mol. The molecule has 5 heteroatoms. The lowest BCUT2D eigenvalue weighted by molar-refractivity contribution is -0.149. The van der Waals surface area contributed by atoms with Crippen LogP contribution in [0.5, 0.6) is 0 Å². The van der Waals surface area contributed by atoms with Gasteiger partial charge in [-0.3, -0.25) is 9.59 Å². The van der Waals surface area contributed by atoms with Crippen molar-refractivity contribution in [1.82, 2.24) is 10.2 Å². The van der Waals surface area contributed by atoms with Gasteiger partial charge >= 0.3 is 5.97 Å². The molecule has 5 nitrogen and oxygen atoms in total. The molecule has 2 aliphatic heterocycles. The SMILES string of the molecule is CC1NCCC1C(=O)N1CCC(C(=O)O)CC1C. The van der Waals surface area contributed by atoms with Crippen molar-refractivity contribution in [3.8, 4) is 0 Å². The van der Waals surface area contributed by atoms with E-state index in [0.717, 1.165) is 13.0 Å². The van der Waals surface area contributed by atoms with E-state index in [9.17, 15) is 9.59 Å². The molecular weight excluding hydrogens is 232 g/mol. The van der Waals surface area contributed by atoms with Crippen LogP contribution < -0.4 is 5.32 Å². The van der Waals surface area contributed by atoms with E-state index in [1.165, 1.54) is 0 Å². The number of aliphatic carboxylic acids is 1. The summed E-state index contributed by atoms with van der Waals surface area (Å²) < 4.78 is 0. The number of rotatable bonds is 2. The second-order valence-electron chi connectivity index (χ2n) is 5.58. The first-order valence-corrected chi connectivity index (χ1v) is 6.77. The zero-order valence-electron chi connectivity index (χ0n) is 11.1. The fourth-order valence-corrected chi connectivity index (χ4v) is 3.13. The predicted octanol–water partition coefficient (Wildman–Crippen LogP) is 0.696. The average molecular weight is 254 g/mol. The van der Waals surface area contributed by atoms with Crippen LogP contribution in [0.4, 0.5) is 0 Å². The standard InChI is InChI=1S/C13H22N2O3/c1-8-7-10(13(17)18)4-6-15(8)12(16)11-3-5-14-9(11)2/h8-11,14H,3-7H2,1-2H3,(H,17,18). The van der Waals surface area contributed by atoms with E-state index in [1.54, 1.807) is 0 Å². The lowest BCUT2D eigenvalue weighted by Crippen LogP contribution is -2.49. The number of piperidine rings is 1. The third-order valence-electron chi connectivity index (χ3n) is 4.35. The van der Waals surface area contributed by atoms with E-state index in [4.69, 9.17) is 5.11 Å². The third kappa shape index (κ3) is 2.51. The summed E-state index contributed by atoms with van der Waals surface area (Å²) in [6, 6.07) is 0.280. The Morgan fingerprint density at radius 1 is 1.28 bits per heavy atom. The van der Waals surface area contributed by atoms with E-state index >= 15 is 0 Å². The van der Waals surface area contributed by atoms with E-state index in [-0.39, 0.29) is 29.8 Å². The molecule has 0 aromatic heterocycles. The van der Waals surface area contributed by atoms with Crippen LogP contribution in [0.1, 0.15) is 33.1 Å². The zero-order chi connectivity index (χ0) is 13.3. The normalized spacial score (nSPS) is 36.7. The molecule has 4 atom stereocenters. The summed E-state index contributed by atoms with van der Waals surface area (Å²) in [5.41, 5.74) is 0. The van der Waals surface area contributed by atoms with Gasteiger partial charge in [-0.15, -0.1) is 0 Å². The van der Waals surface area contributed by atoms with E-state index in [1.807, 2.05) is 18.7 Å². The lowest BCUT2D eigenvalue weighted by atomic mass is 9.89.